The van der Waals surface area contributed by atoms with Crippen molar-refractivity contribution in [2.45, 2.75) is 45.1 Å². The Morgan fingerprint density at radius 3 is 2.61 bits per heavy atom. The lowest BCUT2D eigenvalue weighted by Gasteiger charge is -2.39. The molecule has 4 nitrogen and oxygen atoms in total. The molecule has 0 aromatic carbocycles. The number of hydrogen-bond donors (Lipinski definition) is 1. The van der Waals surface area contributed by atoms with Crippen LogP contribution < -0.4 is 5.73 Å². The Bertz CT molecular complexity index is 276. The SMILES string of the molecule is CC1CCN(CC(=O)N2CCCCC2)C(CN)C1. The molecule has 0 aromatic rings. The van der Waals surface area contributed by atoms with Crippen LogP contribution in [0.25, 0.3) is 0 Å². The first-order chi connectivity index (χ1) is 8.70. The van der Waals surface area contributed by atoms with Gasteiger partial charge < -0.3 is 10.6 Å². The van der Waals surface area contributed by atoms with Crippen LogP contribution in [0.4, 0.5) is 0 Å². The average molecular weight is 253 g/mol. The lowest BCUT2D eigenvalue weighted by Crippen LogP contribution is -2.51. The summed E-state index contributed by atoms with van der Waals surface area (Å²) in [4.78, 5) is 16.6. The fourth-order valence-corrected chi connectivity index (χ4v) is 3.17. The van der Waals surface area contributed by atoms with Gasteiger partial charge in [0.1, 0.15) is 0 Å². The van der Waals surface area contributed by atoms with Gasteiger partial charge in [0.05, 0.1) is 6.54 Å². The van der Waals surface area contributed by atoms with Gasteiger partial charge in [-0.15, -0.1) is 0 Å². The number of likely N-dealkylation sites (tertiary alicyclic amines) is 2. The number of rotatable bonds is 3. The van der Waals surface area contributed by atoms with Crippen molar-refractivity contribution in [2.75, 3.05) is 32.7 Å². The number of nitrogens with two attached hydrogens (primary N) is 1. The van der Waals surface area contributed by atoms with E-state index in [0.717, 1.165) is 32.0 Å². The monoisotopic (exact) mass is 253 g/mol. The standard InChI is InChI=1S/C14H27N3O/c1-12-5-8-17(13(9-12)10-15)11-14(18)16-6-3-2-4-7-16/h12-13H,2-11,15H2,1H3. The molecular formula is C14H27N3O. The van der Waals surface area contributed by atoms with E-state index in [4.69, 9.17) is 5.73 Å². The van der Waals surface area contributed by atoms with E-state index in [1.807, 2.05) is 4.90 Å². The zero-order valence-corrected chi connectivity index (χ0v) is 11.6. The number of piperidine rings is 2. The first-order valence-corrected chi connectivity index (χ1v) is 7.42. The highest BCUT2D eigenvalue weighted by atomic mass is 16.2. The van der Waals surface area contributed by atoms with Gasteiger partial charge in [-0.3, -0.25) is 9.69 Å². The van der Waals surface area contributed by atoms with E-state index < -0.39 is 0 Å². The molecule has 2 rings (SSSR count). The smallest absolute Gasteiger partial charge is 0.236 e. The van der Waals surface area contributed by atoms with E-state index >= 15 is 0 Å². The van der Waals surface area contributed by atoms with E-state index in [1.54, 1.807) is 0 Å². The highest BCUT2D eigenvalue weighted by molar-refractivity contribution is 5.78. The molecule has 0 saturated carbocycles. The van der Waals surface area contributed by atoms with Gasteiger partial charge in [0.15, 0.2) is 0 Å². The van der Waals surface area contributed by atoms with Crippen LogP contribution in [0.5, 0.6) is 0 Å². The third-order valence-corrected chi connectivity index (χ3v) is 4.42. The number of nitrogens with zero attached hydrogens (tertiary/aromatic N) is 2. The molecule has 2 aliphatic heterocycles. The molecule has 2 aliphatic rings. The lowest BCUT2D eigenvalue weighted by atomic mass is 9.92. The van der Waals surface area contributed by atoms with Crippen LogP contribution in [0.3, 0.4) is 0 Å². The first-order valence-electron chi connectivity index (χ1n) is 7.42. The Labute approximate surface area is 110 Å². The summed E-state index contributed by atoms with van der Waals surface area (Å²) in [6, 6.07) is 0.405. The van der Waals surface area contributed by atoms with Crippen LogP contribution in [0.1, 0.15) is 39.0 Å². The Balaban J connectivity index is 1.85. The number of amides is 1. The fourth-order valence-electron chi connectivity index (χ4n) is 3.17. The maximum Gasteiger partial charge on any atom is 0.236 e. The molecule has 2 atom stereocenters. The van der Waals surface area contributed by atoms with Gasteiger partial charge >= 0.3 is 0 Å². The molecule has 2 heterocycles. The number of carbonyl (C=O) groups excluding carboxylic acids is 1. The van der Waals surface area contributed by atoms with Crippen molar-refractivity contribution < 1.29 is 4.79 Å². The summed E-state index contributed by atoms with van der Waals surface area (Å²) in [7, 11) is 0. The van der Waals surface area contributed by atoms with Crippen molar-refractivity contribution in [2.24, 2.45) is 11.7 Å². The van der Waals surface area contributed by atoms with Gasteiger partial charge in [0.2, 0.25) is 5.91 Å². The Morgan fingerprint density at radius 2 is 1.94 bits per heavy atom. The maximum atomic E-state index is 12.3. The summed E-state index contributed by atoms with van der Waals surface area (Å²) in [6.45, 7) is 6.48. The van der Waals surface area contributed by atoms with Gasteiger partial charge in [0.25, 0.3) is 0 Å². The van der Waals surface area contributed by atoms with Crippen molar-refractivity contribution in [3.63, 3.8) is 0 Å². The molecular weight excluding hydrogens is 226 g/mol. The Kier molecular flexibility index (Phi) is 5.01. The second-order valence-corrected chi connectivity index (χ2v) is 5.93. The molecule has 2 fully saturated rings. The zero-order valence-electron chi connectivity index (χ0n) is 11.6. The van der Waals surface area contributed by atoms with Crippen LogP contribution in [-0.2, 0) is 4.79 Å². The normalized spacial score (nSPS) is 30.4. The van der Waals surface area contributed by atoms with E-state index in [0.29, 0.717) is 25.0 Å². The molecule has 0 aliphatic carbocycles. The van der Waals surface area contributed by atoms with E-state index in [9.17, 15) is 4.79 Å². The Hall–Kier alpha value is -0.610. The highest BCUT2D eigenvalue weighted by Crippen LogP contribution is 2.22. The Morgan fingerprint density at radius 1 is 1.22 bits per heavy atom. The minimum atomic E-state index is 0.308. The summed E-state index contributed by atoms with van der Waals surface area (Å²) in [6.07, 6.45) is 5.95. The quantitative estimate of drug-likeness (QED) is 0.818. The van der Waals surface area contributed by atoms with Crippen LogP contribution in [0.2, 0.25) is 0 Å². The molecule has 4 heteroatoms. The first kappa shape index (κ1) is 13.8. The molecule has 2 saturated heterocycles. The summed E-state index contributed by atoms with van der Waals surface area (Å²) in [5.74, 6) is 1.06. The van der Waals surface area contributed by atoms with Crippen molar-refractivity contribution in [1.29, 1.82) is 0 Å². The van der Waals surface area contributed by atoms with Gasteiger partial charge in [-0.1, -0.05) is 6.92 Å². The molecule has 18 heavy (non-hydrogen) atoms. The predicted molar refractivity (Wildman–Crippen MR) is 73.2 cm³/mol. The van der Waals surface area contributed by atoms with Gasteiger partial charge in [-0.05, 0) is 44.6 Å². The molecule has 104 valence electrons. The predicted octanol–water partition coefficient (Wildman–Crippen LogP) is 1.06. The molecule has 0 bridgehead atoms. The third kappa shape index (κ3) is 3.45. The van der Waals surface area contributed by atoms with Crippen LogP contribution >= 0.6 is 0 Å². The summed E-state index contributed by atoms with van der Waals surface area (Å²) < 4.78 is 0. The zero-order chi connectivity index (χ0) is 13.0. The minimum absolute atomic E-state index is 0.308. The second kappa shape index (κ2) is 6.53. The molecule has 0 aromatic heterocycles. The maximum absolute atomic E-state index is 12.3. The van der Waals surface area contributed by atoms with Crippen LogP contribution in [-0.4, -0.2) is 54.5 Å². The largest absolute Gasteiger partial charge is 0.342 e. The summed E-state index contributed by atoms with van der Waals surface area (Å²) in [5, 5.41) is 0. The van der Waals surface area contributed by atoms with E-state index in [-0.39, 0.29) is 0 Å². The van der Waals surface area contributed by atoms with Gasteiger partial charge in [0, 0.05) is 25.7 Å². The van der Waals surface area contributed by atoms with E-state index in [2.05, 4.69) is 11.8 Å². The molecule has 2 N–H and O–H groups in total. The van der Waals surface area contributed by atoms with Crippen molar-refractivity contribution >= 4 is 5.91 Å². The van der Waals surface area contributed by atoms with Crippen LogP contribution in [0.15, 0.2) is 0 Å². The fraction of sp³-hybridized carbons (Fsp3) is 0.929. The summed E-state index contributed by atoms with van der Waals surface area (Å²) >= 11 is 0. The topological polar surface area (TPSA) is 49.6 Å². The summed E-state index contributed by atoms with van der Waals surface area (Å²) in [5.41, 5.74) is 5.84. The van der Waals surface area contributed by atoms with Crippen molar-refractivity contribution in [1.82, 2.24) is 9.80 Å². The second-order valence-electron chi connectivity index (χ2n) is 5.93. The van der Waals surface area contributed by atoms with Crippen molar-refractivity contribution in [3.05, 3.63) is 0 Å². The number of hydrogen-bond acceptors (Lipinski definition) is 3. The third-order valence-electron chi connectivity index (χ3n) is 4.42. The van der Waals surface area contributed by atoms with Crippen molar-refractivity contribution in [3.8, 4) is 0 Å². The number of carbonyl (C=O) groups is 1. The lowest BCUT2D eigenvalue weighted by molar-refractivity contribution is -0.134. The van der Waals surface area contributed by atoms with Gasteiger partial charge in [-0.25, -0.2) is 0 Å². The van der Waals surface area contributed by atoms with Gasteiger partial charge in [-0.2, -0.15) is 0 Å². The molecule has 0 radical (unpaired) electrons. The highest BCUT2D eigenvalue weighted by Gasteiger charge is 2.28. The molecule has 0 spiro atoms. The minimum Gasteiger partial charge on any atom is -0.342 e. The molecule has 2 unspecified atom stereocenters. The van der Waals surface area contributed by atoms with Crippen LogP contribution in [0, 0.1) is 5.92 Å². The van der Waals surface area contributed by atoms with E-state index in [1.165, 1.54) is 25.7 Å². The molecule has 1 amide bonds. The average Bonchev–Trinajstić information content (AvgIpc) is 2.41.